The fourth-order valence-electron chi connectivity index (χ4n) is 2.45. The number of benzene rings is 2. The summed E-state index contributed by atoms with van der Waals surface area (Å²) in [7, 11) is 0. The molecule has 0 unspecified atom stereocenters. The second kappa shape index (κ2) is 6.26. The number of rotatable bonds is 4. The molecule has 0 saturated heterocycles. The molecule has 1 heterocycles. The quantitative estimate of drug-likeness (QED) is 0.773. The van der Waals surface area contributed by atoms with Gasteiger partial charge >= 0.3 is 0 Å². The van der Waals surface area contributed by atoms with Gasteiger partial charge in [0.2, 0.25) is 0 Å². The molecule has 1 atom stereocenters. The number of nitrogens with one attached hydrogen (secondary N) is 1. The van der Waals surface area contributed by atoms with Gasteiger partial charge in [0.1, 0.15) is 12.6 Å². The van der Waals surface area contributed by atoms with Gasteiger partial charge in [-0.3, -0.25) is 4.79 Å². The van der Waals surface area contributed by atoms with E-state index in [0.717, 1.165) is 6.07 Å². The molecular formula is C17H16F2N3O+. The Labute approximate surface area is 131 Å². The minimum atomic E-state index is -0.861. The van der Waals surface area contributed by atoms with Crippen molar-refractivity contribution in [3.05, 3.63) is 75.8 Å². The number of para-hydroxylation sites is 1. The number of hydrogen-bond acceptors (Lipinski definition) is 2. The molecule has 3 rings (SSSR count). The number of nitrogens with zero attached hydrogens (tertiary/aromatic N) is 1. The van der Waals surface area contributed by atoms with E-state index in [1.807, 2.05) is 18.3 Å². The van der Waals surface area contributed by atoms with Crippen LogP contribution < -0.4 is 10.9 Å². The van der Waals surface area contributed by atoms with Crippen molar-refractivity contribution in [3.8, 4) is 0 Å². The molecule has 0 radical (unpaired) electrons. The average molecular weight is 316 g/mol. The molecule has 1 aromatic heterocycles. The summed E-state index contributed by atoms with van der Waals surface area (Å²) in [6.07, 6.45) is 0. The van der Waals surface area contributed by atoms with E-state index in [-0.39, 0.29) is 11.6 Å². The normalized spacial score (nSPS) is 12.5. The Morgan fingerprint density at radius 2 is 1.96 bits per heavy atom. The first-order valence-electron chi connectivity index (χ1n) is 7.31. The molecule has 3 N–H and O–H groups in total. The van der Waals surface area contributed by atoms with Crippen LogP contribution in [0.3, 0.4) is 0 Å². The molecule has 0 saturated carbocycles. The Kier molecular flexibility index (Phi) is 4.16. The van der Waals surface area contributed by atoms with Gasteiger partial charge in [-0.15, -0.1) is 0 Å². The van der Waals surface area contributed by atoms with Crippen molar-refractivity contribution in [1.29, 1.82) is 0 Å². The van der Waals surface area contributed by atoms with Crippen LogP contribution in [-0.4, -0.2) is 9.97 Å². The van der Waals surface area contributed by atoms with Crippen molar-refractivity contribution < 1.29 is 14.1 Å². The third kappa shape index (κ3) is 3.27. The van der Waals surface area contributed by atoms with Gasteiger partial charge in [0.15, 0.2) is 17.5 Å². The Bertz CT molecular complexity index is 908. The fraction of sp³-hybridized carbons (Fsp3) is 0.176. The van der Waals surface area contributed by atoms with Gasteiger partial charge in [0.25, 0.3) is 5.56 Å². The maximum atomic E-state index is 13.3. The molecule has 23 heavy (non-hydrogen) atoms. The van der Waals surface area contributed by atoms with Crippen LogP contribution in [0.15, 0.2) is 47.3 Å². The number of hydrogen-bond donors (Lipinski definition) is 2. The van der Waals surface area contributed by atoms with Crippen molar-refractivity contribution in [1.82, 2.24) is 9.97 Å². The summed E-state index contributed by atoms with van der Waals surface area (Å²) in [5.74, 6) is -1.18. The maximum absolute atomic E-state index is 13.3. The molecule has 118 valence electrons. The van der Waals surface area contributed by atoms with Gasteiger partial charge in [-0.25, -0.2) is 13.8 Å². The van der Waals surface area contributed by atoms with Gasteiger partial charge < -0.3 is 10.3 Å². The summed E-state index contributed by atoms with van der Waals surface area (Å²) in [5.41, 5.74) is 1.13. The Morgan fingerprint density at radius 1 is 1.17 bits per heavy atom. The monoisotopic (exact) mass is 316 g/mol. The highest BCUT2D eigenvalue weighted by Crippen LogP contribution is 2.13. The minimum Gasteiger partial charge on any atom is -0.334 e. The van der Waals surface area contributed by atoms with Crippen LogP contribution in [0.25, 0.3) is 10.9 Å². The van der Waals surface area contributed by atoms with Crippen molar-refractivity contribution in [2.24, 2.45) is 0 Å². The molecular weight excluding hydrogens is 300 g/mol. The van der Waals surface area contributed by atoms with Gasteiger partial charge in [0.05, 0.1) is 10.9 Å². The molecule has 0 fully saturated rings. The van der Waals surface area contributed by atoms with E-state index < -0.39 is 11.6 Å². The SMILES string of the molecule is C[C@H]([NH2+]Cc1nc2ccccc2c(=O)[nH]1)c1ccc(F)c(F)c1. The van der Waals surface area contributed by atoms with Crippen LogP contribution in [0.2, 0.25) is 0 Å². The van der Waals surface area contributed by atoms with Gasteiger partial charge in [-0.05, 0) is 37.3 Å². The van der Waals surface area contributed by atoms with E-state index in [2.05, 4.69) is 9.97 Å². The Morgan fingerprint density at radius 3 is 2.74 bits per heavy atom. The fourth-order valence-corrected chi connectivity index (χ4v) is 2.45. The zero-order valence-electron chi connectivity index (χ0n) is 12.5. The first-order chi connectivity index (χ1) is 11.0. The number of aromatic amines is 1. The predicted molar refractivity (Wildman–Crippen MR) is 82.8 cm³/mol. The lowest BCUT2D eigenvalue weighted by atomic mass is 10.1. The molecule has 6 heteroatoms. The highest BCUT2D eigenvalue weighted by Gasteiger charge is 2.13. The lowest BCUT2D eigenvalue weighted by Crippen LogP contribution is -2.83. The summed E-state index contributed by atoms with van der Waals surface area (Å²) in [5, 5.41) is 2.45. The molecule has 0 aliphatic heterocycles. The van der Waals surface area contributed by atoms with Crippen LogP contribution in [0.1, 0.15) is 24.4 Å². The molecule has 2 aromatic carbocycles. The first-order valence-corrected chi connectivity index (χ1v) is 7.31. The van der Waals surface area contributed by atoms with E-state index in [9.17, 15) is 13.6 Å². The third-order valence-electron chi connectivity index (χ3n) is 3.80. The van der Waals surface area contributed by atoms with Crippen LogP contribution in [0.4, 0.5) is 8.78 Å². The van der Waals surface area contributed by atoms with Crippen molar-refractivity contribution >= 4 is 10.9 Å². The van der Waals surface area contributed by atoms with Gasteiger partial charge in [-0.1, -0.05) is 12.1 Å². The second-order valence-electron chi connectivity index (χ2n) is 5.43. The number of aromatic nitrogens is 2. The lowest BCUT2D eigenvalue weighted by molar-refractivity contribution is -0.708. The second-order valence-corrected chi connectivity index (χ2v) is 5.43. The molecule has 0 amide bonds. The largest absolute Gasteiger partial charge is 0.334 e. The van der Waals surface area contributed by atoms with Crippen molar-refractivity contribution in [3.63, 3.8) is 0 Å². The van der Waals surface area contributed by atoms with E-state index >= 15 is 0 Å². The van der Waals surface area contributed by atoms with Crippen LogP contribution in [-0.2, 0) is 6.54 Å². The molecule has 0 aliphatic rings. The zero-order chi connectivity index (χ0) is 16.4. The highest BCUT2D eigenvalue weighted by molar-refractivity contribution is 5.77. The number of H-pyrrole nitrogens is 1. The smallest absolute Gasteiger partial charge is 0.258 e. The highest BCUT2D eigenvalue weighted by atomic mass is 19.2. The maximum Gasteiger partial charge on any atom is 0.258 e. The number of halogens is 2. The molecule has 0 bridgehead atoms. The van der Waals surface area contributed by atoms with Crippen LogP contribution in [0.5, 0.6) is 0 Å². The molecule has 3 aromatic rings. The summed E-state index contributed by atoms with van der Waals surface area (Å²) in [4.78, 5) is 19.2. The van der Waals surface area contributed by atoms with Gasteiger partial charge in [-0.2, -0.15) is 0 Å². The predicted octanol–water partition coefficient (Wildman–Crippen LogP) is 2.03. The number of quaternary nitrogens is 1. The zero-order valence-corrected chi connectivity index (χ0v) is 12.5. The topological polar surface area (TPSA) is 62.4 Å². The number of nitrogens with two attached hydrogens (primary N) is 1. The van der Waals surface area contributed by atoms with E-state index in [0.29, 0.717) is 28.8 Å². The summed E-state index contributed by atoms with van der Waals surface area (Å²) < 4.78 is 26.3. The van der Waals surface area contributed by atoms with Gasteiger partial charge in [0, 0.05) is 5.56 Å². The summed E-state index contributed by atoms with van der Waals surface area (Å²) >= 11 is 0. The van der Waals surface area contributed by atoms with Crippen molar-refractivity contribution in [2.75, 3.05) is 0 Å². The molecule has 0 spiro atoms. The first kappa shape index (κ1) is 15.3. The number of fused-ring (bicyclic) bond motifs is 1. The van der Waals surface area contributed by atoms with E-state index in [1.165, 1.54) is 6.07 Å². The van der Waals surface area contributed by atoms with E-state index in [4.69, 9.17) is 0 Å². The minimum absolute atomic E-state index is 0.0955. The summed E-state index contributed by atoms with van der Waals surface area (Å²) in [6.45, 7) is 2.31. The van der Waals surface area contributed by atoms with Crippen LogP contribution in [0, 0.1) is 11.6 Å². The van der Waals surface area contributed by atoms with Crippen LogP contribution >= 0.6 is 0 Å². The third-order valence-corrected chi connectivity index (χ3v) is 3.80. The average Bonchev–Trinajstić information content (AvgIpc) is 2.55. The summed E-state index contributed by atoms with van der Waals surface area (Å²) in [6, 6.07) is 10.9. The molecule has 0 aliphatic carbocycles. The van der Waals surface area contributed by atoms with Crippen molar-refractivity contribution in [2.45, 2.75) is 19.5 Å². The lowest BCUT2D eigenvalue weighted by Gasteiger charge is -2.11. The Hall–Kier alpha value is -2.60. The van der Waals surface area contributed by atoms with E-state index in [1.54, 1.807) is 24.3 Å². The standard InChI is InChI=1S/C17H15F2N3O/c1-10(11-6-7-13(18)14(19)8-11)20-9-16-21-15-5-3-2-4-12(15)17(23)22-16/h2-8,10,20H,9H2,1H3,(H,21,22,23)/p+1/t10-/m0/s1. The Balaban J connectivity index is 1.77. The molecule has 4 nitrogen and oxygen atoms in total.